The Bertz CT molecular complexity index is 742. The van der Waals surface area contributed by atoms with E-state index in [4.69, 9.17) is 9.47 Å². The second kappa shape index (κ2) is 8.90. The maximum atomic E-state index is 13.9. The van der Waals surface area contributed by atoms with Gasteiger partial charge in [-0.05, 0) is 40.0 Å². The summed E-state index contributed by atoms with van der Waals surface area (Å²) in [5.74, 6) is -2.52. The second-order valence-corrected chi connectivity index (χ2v) is 9.18. The van der Waals surface area contributed by atoms with Crippen molar-refractivity contribution in [2.45, 2.75) is 76.7 Å². The molecule has 0 aromatic rings. The molecule has 0 radical (unpaired) electrons. The van der Waals surface area contributed by atoms with Crippen molar-refractivity contribution in [3.05, 3.63) is 12.7 Å². The van der Waals surface area contributed by atoms with Crippen LogP contribution in [0.2, 0.25) is 0 Å². The number of carbonyl (C=O) groups excluding carboxylic acids is 3. The van der Waals surface area contributed by atoms with Gasteiger partial charge in [0.2, 0.25) is 11.8 Å². The Morgan fingerprint density at radius 3 is 2.71 bits per heavy atom. The van der Waals surface area contributed by atoms with Crippen LogP contribution in [0.15, 0.2) is 12.7 Å². The number of amides is 2. The first kappa shape index (κ1) is 23.7. The van der Waals surface area contributed by atoms with E-state index in [1.807, 2.05) is 6.92 Å². The number of rotatable bonds is 10. The van der Waals surface area contributed by atoms with E-state index in [-0.39, 0.29) is 25.0 Å². The highest BCUT2D eigenvalue weighted by Gasteiger charge is 2.78. The number of fused-ring (bicyclic) bond motifs is 1. The molecule has 0 aliphatic carbocycles. The molecule has 174 valence electrons. The zero-order chi connectivity index (χ0) is 23.0. The molecule has 1 N–H and O–H groups in total. The lowest BCUT2D eigenvalue weighted by molar-refractivity contribution is -0.161. The molecule has 3 saturated heterocycles. The van der Waals surface area contributed by atoms with Crippen molar-refractivity contribution >= 4 is 17.8 Å². The standard InChI is InChI=1S/C23H36N2O6/c1-6-9-13-24(12-7-2)20(28)18-23-11-10-22(5,31-23)17(21(29)30-8-3)16(23)19(27)25(18)15(4)14-26/h7,15-18,26H,2,6,8-14H2,1,3-5H3/t15-,16+,17+,18?,22-,23?/m1/s1. The minimum Gasteiger partial charge on any atom is -0.466 e. The van der Waals surface area contributed by atoms with Gasteiger partial charge in [-0.25, -0.2) is 0 Å². The predicted molar refractivity (Wildman–Crippen MR) is 114 cm³/mol. The lowest BCUT2D eigenvalue weighted by Crippen LogP contribution is -2.58. The van der Waals surface area contributed by atoms with Crippen LogP contribution in [0.1, 0.15) is 53.4 Å². The van der Waals surface area contributed by atoms with Crippen molar-refractivity contribution in [2.24, 2.45) is 11.8 Å². The van der Waals surface area contributed by atoms with Crippen LogP contribution < -0.4 is 0 Å². The van der Waals surface area contributed by atoms with E-state index in [1.54, 1.807) is 24.8 Å². The molecule has 0 aromatic heterocycles. The molecule has 3 rings (SSSR count). The number of likely N-dealkylation sites (tertiary alicyclic amines) is 1. The van der Waals surface area contributed by atoms with E-state index in [1.165, 1.54) is 4.90 Å². The van der Waals surface area contributed by atoms with E-state index in [0.717, 1.165) is 12.8 Å². The van der Waals surface area contributed by atoms with Crippen LogP contribution in [-0.2, 0) is 23.9 Å². The summed E-state index contributed by atoms with van der Waals surface area (Å²) in [6.45, 7) is 12.0. The monoisotopic (exact) mass is 436 g/mol. The highest BCUT2D eigenvalue weighted by atomic mass is 16.6. The first-order chi connectivity index (χ1) is 14.7. The number of unbranched alkanes of at least 4 members (excludes halogenated alkanes) is 1. The minimum absolute atomic E-state index is 0.210. The van der Waals surface area contributed by atoms with Gasteiger partial charge in [-0.3, -0.25) is 14.4 Å². The van der Waals surface area contributed by atoms with E-state index >= 15 is 0 Å². The Morgan fingerprint density at radius 1 is 1.42 bits per heavy atom. The summed E-state index contributed by atoms with van der Waals surface area (Å²) in [4.78, 5) is 43.6. The quantitative estimate of drug-likeness (QED) is 0.412. The lowest BCUT2D eigenvalue weighted by Gasteiger charge is -2.38. The van der Waals surface area contributed by atoms with Crippen LogP contribution in [-0.4, -0.2) is 82.3 Å². The Kier molecular flexibility index (Phi) is 6.81. The Hall–Kier alpha value is -1.93. The fourth-order valence-electron chi connectivity index (χ4n) is 5.76. The average Bonchev–Trinajstić information content (AvgIpc) is 3.31. The maximum Gasteiger partial charge on any atom is 0.312 e. The Labute approximate surface area is 184 Å². The normalized spacial score (nSPS) is 34.5. The summed E-state index contributed by atoms with van der Waals surface area (Å²) in [7, 11) is 0. The molecule has 8 heteroatoms. The third kappa shape index (κ3) is 3.57. The third-order valence-corrected chi connectivity index (χ3v) is 7.17. The van der Waals surface area contributed by atoms with E-state index in [0.29, 0.717) is 25.9 Å². The zero-order valence-electron chi connectivity index (χ0n) is 19.1. The molecule has 0 aromatic carbocycles. The average molecular weight is 437 g/mol. The first-order valence-corrected chi connectivity index (χ1v) is 11.4. The van der Waals surface area contributed by atoms with Crippen LogP contribution in [0.3, 0.4) is 0 Å². The van der Waals surface area contributed by atoms with Gasteiger partial charge < -0.3 is 24.4 Å². The smallest absolute Gasteiger partial charge is 0.312 e. The van der Waals surface area contributed by atoms with Crippen LogP contribution in [0.5, 0.6) is 0 Å². The zero-order valence-corrected chi connectivity index (χ0v) is 19.1. The van der Waals surface area contributed by atoms with Crippen molar-refractivity contribution in [1.29, 1.82) is 0 Å². The molecule has 31 heavy (non-hydrogen) atoms. The summed E-state index contributed by atoms with van der Waals surface area (Å²) in [6.07, 6.45) is 4.51. The molecule has 2 amide bonds. The fourth-order valence-corrected chi connectivity index (χ4v) is 5.76. The van der Waals surface area contributed by atoms with Crippen molar-refractivity contribution in [1.82, 2.24) is 9.80 Å². The van der Waals surface area contributed by atoms with Crippen LogP contribution in [0.25, 0.3) is 0 Å². The fraction of sp³-hybridized carbons (Fsp3) is 0.783. The summed E-state index contributed by atoms with van der Waals surface area (Å²) in [5.41, 5.74) is -1.93. The van der Waals surface area contributed by atoms with Crippen LogP contribution in [0.4, 0.5) is 0 Å². The van der Waals surface area contributed by atoms with Gasteiger partial charge in [0.15, 0.2) is 0 Å². The van der Waals surface area contributed by atoms with Crippen molar-refractivity contribution in [3.8, 4) is 0 Å². The summed E-state index contributed by atoms with van der Waals surface area (Å²) in [5, 5.41) is 9.87. The number of aliphatic hydroxyl groups excluding tert-OH is 1. The molecule has 3 fully saturated rings. The van der Waals surface area contributed by atoms with Gasteiger partial charge in [0.1, 0.15) is 17.6 Å². The van der Waals surface area contributed by atoms with E-state index < -0.39 is 41.1 Å². The molecular formula is C23H36N2O6. The van der Waals surface area contributed by atoms with Gasteiger partial charge >= 0.3 is 5.97 Å². The number of esters is 1. The molecule has 3 heterocycles. The number of hydrogen-bond acceptors (Lipinski definition) is 6. The topological polar surface area (TPSA) is 96.4 Å². The van der Waals surface area contributed by atoms with E-state index in [2.05, 4.69) is 13.5 Å². The number of nitrogens with zero attached hydrogens (tertiary/aromatic N) is 2. The summed E-state index contributed by atoms with van der Waals surface area (Å²) < 4.78 is 11.8. The number of ether oxygens (including phenoxy) is 2. The lowest BCUT2D eigenvalue weighted by atomic mass is 9.66. The molecule has 8 nitrogen and oxygen atoms in total. The van der Waals surface area contributed by atoms with Crippen molar-refractivity contribution < 1.29 is 29.0 Å². The van der Waals surface area contributed by atoms with Gasteiger partial charge in [-0.15, -0.1) is 6.58 Å². The van der Waals surface area contributed by atoms with Crippen molar-refractivity contribution in [2.75, 3.05) is 26.3 Å². The summed E-state index contributed by atoms with van der Waals surface area (Å²) in [6, 6.07) is -1.46. The van der Waals surface area contributed by atoms with Crippen LogP contribution >= 0.6 is 0 Å². The molecule has 3 aliphatic heterocycles. The first-order valence-electron chi connectivity index (χ1n) is 11.4. The van der Waals surface area contributed by atoms with E-state index in [9.17, 15) is 19.5 Å². The largest absolute Gasteiger partial charge is 0.466 e. The SMILES string of the molecule is C=CCN(CCCC)C(=O)C1N([C@H](C)CO)C(=O)[C@@H]2[C@@H](C(=O)OCC)[C@@]3(C)CCC12O3. The second-order valence-electron chi connectivity index (χ2n) is 9.18. The molecule has 3 aliphatic rings. The van der Waals surface area contributed by atoms with Gasteiger partial charge in [0.05, 0.1) is 30.8 Å². The van der Waals surface area contributed by atoms with Crippen LogP contribution in [0, 0.1) is 11.8 Å². The van der Waals surface area contributed by atoms with Gasteiger partial charge in [-0.2, -0.15) is 0 Å². The maximum absolute atomic E-state index is 13.9. The highest BCUT2D eigenvalue weighted by Crippen LogP contribution is 2.63. The summed E-state index contributed by atoms with van der Waals surface area (Å²) >= 11 is 0. The molecule has 2 unspecified atom stereocenters. The third-order valence-electron chi connectivity index (χ3n) is 7.17. The molecule has 6 atom stereocenters. The number of hydrogen-bond donors (Lipinski definition) is 1. The van der Waals surface area contributed by atoms with Gasteiger partial charge in [0, 0.05) is 13.1 Å². The van der Waals surface area contributed by atoms with Crippen molar-refractivity contribution in [3.63, 3.8) is 0 Å². The molecule has 1 spiro atoms. The Balaban J connectivity index is 2.07. The molecule has 2 bridgehead atoms. The number of aliphatic hydroxyl groups is 1. The number of carbonyl (C=O) groups is 3. The van der Waals surface area contributed by atoms with Gasteiger partial charge in [0.25, 0.3) is 0 Å². The highest BCUT2D eigenvalue weighted by molar-refractivity contribution is 5.98. The predicted octanol–water partition coefficient (Wildman–Crippen LogP) is 1.51. The molecule has 0 saturated carbocycles. The molecular weight excluding hydrogens is 400 g/mol. The minimum atomic E-state index is -1.09. The van der Waals surface area contributed by atoms with Gasteiger partial charge in [-0.1, -0.05) is 19.4 Å². The Morgan fingerprint density at radius 2 is 2.13 bits per heavy atom.